The van der Waals surface area contributed by atoms with Gasteiger partial charge >= 0.3 is 0 Å². The van der Waals surface area contributed by atoms with Gasteiger partial charge in [-0.05, 0) is 37.9 Å². The molecule has 0 fully saturated rings. The van der Waals surface area contributed by atoms with Crippen LogP contribution in [0.4, 0.5) is 0 Å². The second-order valence-corrected chi connectivity index (χ2v) is 3.63. The Morgan fingerprint density at radius 1 is 1.27 bits per heavy atom. The van der Waals surface area contributed by atoms with E-state index in [2.05, 4.69) is 20.3 Å². The molecule has 0 saturated carbocycles. The zero-order valence-corrected chi connectivity index (χ0v) is 9.45. The van der Waals surface area contributed by atoms with Crippen molar-refractivity contribution in [2.24, 2.45) is 0 Å². The van der Waals surface area contributed by atoms with E-state index < -0.39 is 0 Å². The Bertz CT molecular complexity index is 505. The average Bonchev–Trinajstić information content (AvgIpc) is 2.46. The average molecular weight is 224 g/mol. The fourth-order valence-electron chi connectivity index (χ4n) is 1.32. The van der Waals surface area contributed by atoms with E-state index in [0.29, 0.717) is 5.82 Å². The van der Waals surface area contributed by atoms with E-state index in [1.807, 2.05) is 20.8 Å². The monoisotopic (exact) mass is 223 g/mol. The first kappa shape index (κ1) is 10.0. The molecule has 0 spiro atoms. The molecule has 0 aliphatic rings. The molecule has 5 nitrogen and oxygen atoms in total. The molecule has 2 aromatic rings. The van der Waals surface area contributed by atoms with Crippen LogP contribution >= 0.6 is 11.6 Å². The maximum Gasteiger partial charge on any atom is 0.244 e. The van der Waals surface area contributed by atoms with Gasteiger partial charge in [0.05, 0.1) is 11.9 Å². The number of hydrogen-bond donors (Lipinski definition) is 0. The van der Waals surface area contributed by atoms with Crippen LogP contribution in [-0.4, -0.2) is 25.0 Å². The Balaban J connectivity index is 2.59. The molecular formula is C9H10ClN5. The molecule has 15 heavy (non-hydrogen) atoms. The number of halogens is 1. The van der Waals surface area contributed by atoms with Crippen molar-refractivity contribution in [1.82, 2.24) is 25.0 Å². The zero-order chi connectivity index (χ0) is 11.0. The molecule has 6 heteroatoms. The molecule has 2 aromatic heterocycles. The number of rotatable bonds is 1. The summed E-state index contributed by atoms with van der Waals surface area (Å²) >= 11 is 5.67. The number of aryl methyl sites for hydroxylation is 1. The molecule has 0 aliphatic heterocycles. The maximum absolute atomic E-state index is 5.67. The van der Waals surface area contributed by atoms with Gasteiger partial charge in [0.25, 0.3) is 0 Å². The third-order valence-electron chi connectivity index (χ3n) is 2.39. The highest BCUT2D eigenvalue weighted by Gasteiger charge is 2.10. The van der Waals surface area contributed by atoms with Crippen LogP contribution in [0.25, 0.3) is 5.82 Å². The molecule has 0 bridgehead atoms. The summed E-state index contributed by atoms with van der Waals surface area (Å²) in [6.45, 7) is 5.95. The SMILES string of the molecule is Cc1nn(-c2cnnc(Cl)n2)c(C)c1C. The van der Waals surface area contributed by atoms with Crippen molar-refractivity contribution in [1.29, 1.82) is 0 Å². The number of nitrogens with zero attached hydrogens (tertiary/aromatic N) is 5. The maximum atomic E-state index is 5.67. The van der Waals surface area contributed by atoms with Crippen molar-refractivity contribution in [2.45, 2.75) is 20.8 Å². The first-order valence-electron chi connectivity index (χ1n) is 4.48. The smallest absolute Gasteiger partial charge is 0.217 e. The molecular weight excluding hydrogens is 214 g/mol. The van der Waals surface area contributed by atoms with Crippen molar-refractivity contribution in [3.63, 3.8) is 0 Å². The van der Waals surface area contributed by atoms with Crippen molar-refractivity contribution >= 4 is 11.6 Å². The van der Waals surface area contributed by atoms with E-state index in [0.717, 1.165) is 17.0 Å². The van der Waals surface area contributed by atoms with E-state index in [1.165, 1.54) is 6.20 Å². The summed E-state index contributed by atoms with van der Waals surface area (Å²) in [5.74, 6) is 0.587. The second-order valence-electron chi connectivity index (χ2n) is 3.29. The lowest BCUT2D eigenvalue weighted by atomic mass is 10.2. The van der Waals surface area contributed by atoms with E-state index in [-0.39, 0.29) is 5.28 Å². The fraction of sp³-hybridized carbons (Fsp3) is 0.333. The highest BCUT2D eigenvalue weighted by Crippen LogP contribution is 2.14. The molecule has 0 N–H and O–H groups in total. The van der Waals surface area contributed by atoms with Crippen LogP contribution < -0.4 is 0 Å². The number of hydrogen-bond acceptors (Lipinski definition) is 4. The Morgan fingerprint density at radius 3 is 2.53 bits per heavy atom. The molecule has 0 aromatic carbocycles. The highest BCUT2D eigenvalue weighted by atomic mass is 35.5. The fourth-order valence-corrected chi connectivity index (χ4v) is 1.45. The molecule has 78 valence electrons. The lowest BCUT2D eigenvalue weighted by Crippen LogP contribution is -2.04. The second kappa shape index (κ2) is 3.58. The molecule has 2 heterocycles. The summed E-state index contributed by atoms with van der Waals surface area (Å²) in [5.41, 5.74) is 3.15. The predicted octanol–water partition coefficient (Wildman–Crippen LogP) is 1.64. The van der Waals surface area contributed by atoms with Crippen LogP contribution in [-0.2, 0) is 0 Å². The molecule has 2 rings (SSSR count). The standard InChI is InChI=1S/C9H10ClN5/c1-5-6(2)14-15(7(5)3)8-4-11-13-9(10)12-8/h4H,1-3H3. The first-order chi connectivity index (χ1) is 7.09. The summed E-state index contributed by atoms with van der Waals surface area (Å²) in [6.07, 6.45) is 1.53. The molecule has 0 aliphatic carbocycles. The molecule has 0 saturated heterocycles. The van der Waals surface area contributed by atoms with Gasteiger partial charge in [0.2, 0.25) is 5.28 Å². The van der Waals surface area contributed by atoms with Gasteiger partial charge in [0.15, 0.2) is 5.82 Å². The minimum Gasteiger partial charge on any atom is -0.217 e. The van der Waals surface area contributed by atoms with Gasteiger partial charge in [-0.25, -0.2) is 4.68 Å². The summed E-state index contributed by atoms with van der Waals surface area (Å²) in [6, 6.07) is 0. The zero-order valence-electron chi connectivity index (χ0n) is 8.69. The predicted molar refractivity (Wildman–Crippen MR) is 56.2 cm³/mol. The lowest BCUT2D eigenvalue weighted by molar-refractivity contribution is 0.781. The van der Waals surface area contributed by atoms with Crippen molar-refractivity contribution in [3.8, 4) is 5.82 Å². The van der Waals surface area contributed by atoms with Gasteiger partial charge in [0.1, 0.15) is 0 Å². The number of aromatic nitrogens is 5. The van der Waals surface area contributed by atoms with E-state index in [9.17, 15) is 0 Å². The molecule has 0 atom stereocenters. The Morgan fingerprint density at radius 2 is 2.00 bits per heavy atom. The first-order valence-corrected chi connectivity index (χ1v) is 4.86. The van der Waals surface area contributed by atoms with Gasteiger partial charge in [-0.15, -0.1) is 5.10 Å². The van der Waals surface area contributed by atoms with Crippen LogP contribution in [0.15, 0.2) is 6.20 Å². The van der Waals surface area contributed by atoms with E-state index in [1.54, 1.807) is 4.68 Å². The van der Waals surface area contributed by atoms with Crippen LogP contribution in [0.2, 0.25) is 5.28 Å². The topological polar surface area (TPSA) is 56.5 Å². The minimum atomic E-state index is 0.123. The van der Waals surface area contributed by atoms with Crippen LogP contribution in [0.3, 0.4) is 0 Å². The third kappa shape index (κ3) is 1.70. The van der Waals surface area contributed by atoms with Crippen LogP contribution in [0.1, 0.15) is 17.0 Å². The molecule has 0 radical (unpaired) electrons. The van der Waals surface area contributed by atoms with Gasteiger partial charge < -0.3 is 0 Å². The Kier molecular flexibility index (Phi) is 2.40. The largest absolute Gasteiger partial charge is 0.244 e. The third-order valence-corrected chi connectivity index (χ3v) is 2.55. The summed E-state index contributed by atoms with van der Waals surface area (Å²) < 4.78 is 1.71. The lowest BCUT2D eigenvalue weighted by Gasteiger charge is -2.01. The van der Waals surface area contributed by atoms with Crippen molar-refractivity contribution in [3.05, 3.63) is 28.4 Å². The van der Waals surface area contributed by atoms with Crippen molar-refractivity contribution < 1.29 is 0 Å². The summed E-state index contributed by atoms with van der Waals surface area (Å²) in [4.78, 5) is 4.05. The van der Waals surface area contributed by atoms with E-state index >= 15 is 0 Å². The van der Waals surface area contributed by atoms with Gasteiger partial charge in [-0.1, -0.05) is 0 Å². The minimum absolute atomic E-state index is 0.123. The van der Waals surface area contributed by atoms with Crippen LogP contribution in [0.5, 0.6) is 0 Å². The Hall–Kier alpha value is -1.49. The quantitative estimate of drug-likeness (QED) is 0.738. The van der Waals surface area contributed by atoms with Crippen LogP contribution in [0, 0.1) is 20.8 Å². The van der Waals surface area contributed by atoms with Gasteiger partial charge in [0, 0.05) is 5.69 Å². The van der Waals surface area contributed by atoms with Gasteiger partial charge in [-0.2, -0.15) is 15.2 Å². The highest BCUT2D eigenvalue weighted by molar-refractivity contribution is 6.28. The summed E-state index contributed by atoms with van der Waals surface area (Å²) in [5, 5.41) is 11.8. The van der Waals surface area contributed by atoms with E-state index in [4.69, 9.17) is 11.6 Å². The Labute approximate surface area is 92.1 Å². The van der Waals surface area contributed by atoms with Crippen molar-refractivity contribution in [2.75, 3.05) is 0 Å². The van der Waals surface area contributed by atoms with Gasteiger partial charge in [-0.3, -0.25) is 0 Å². The molecule has 0 amide bonds. The summed E-state index contributed by atoms with van der Waals surface area (Å²) in [7, 11) is 0. The molecule has 0 unspecified atom stereocenters. The normalized spacial score (nSPS) is 10.7.